The smallest absolute Gasteiger partial charge is 0.226 e. The van der Waals surface area contributed by atoms with Crippen LogP contribution in [0.3, 0.4) is 0 Å². The van der Waals surface area contributed by atoms with Crippen molar-refractivity contribution in [3.63, 3.8) is 0 Å². The highest BCUT2D eigenvalue weighted by Crippen LogP contribution is 2.22. The standard InChI is InChI=1S/C16H23N5S/c1-12-6-9-22-14(12)11-21-8-5-13(10-21)18-15-4-7-17-16(19-15)20(2)3/h4,6-7,9,13H,5,8,10-11H2,1-3H3,(H,17,18,19). The maximum absolute atomic E-state index is 4.54. The van der Waals surface area contributed by atoms with Crippen LogP contribution in [0.5, 0.6) is 0 Å². The van der Waals surface area contributed by atoms with E-state index in [-0.39, 0.29) is 0 Å². The maximum Gasteiger partial charge on any atom is 0.226 e. The van der Waals surface area contributed by atoms with E-state index in [9.17, 15) is 0 Å². The Kier molecular flexibility index (Phi) is 4.59. The fourth-order valence-electron chi connectivity index (χ4n) is 2.72. The van der Waals surface area contributed by atoms with E-state index in [1.807, 2.05) is 42.6 Å². The predicted octanol–water partition coefficient (Wildman–Crippen LogP) is 2.60. The first-order valence-electron chi connectivity index (χ1n) is 7.64. The van der Waals surface area contributed by atoms with Crippen molar-refractivity contribution in [3.8, 4) is 0 Å². The zero-order valence-electron chi connectivity index (χ0n) is 13.4. The average Bonchev–Trinajstić information content (AvgIpc) is 3.10. The third-order valence-corrected chi connectivity index (χ3v) is 5.01. The van der Waals surface area contributed by atoms with E-state index in [0.29, 0.717) is 6.04 Å². The molecule has 1 aliphatic rings. The number of nitrogens with one attached hydrogen (secondary N) is 1. The number of nitrogens with zero attached hydrogens (tertiary/aromatic N) is 4. The molecule has 3 rings (SSSR count). The largest absolute Gasteiger partial charge is 0.366 e. The van der Waals surface area contributed by atoms with Crippen molar-refractivity contribution in [1.82, 2.24) is 14.9 Å². The Hall–Kier alpha value is -1.66. The second kappa shape index (κ2) is 6.62. The molecule has 6 heteroatoms. The van der Waals surface area contributed by atoms with Crippen molar-refractivity contribution in [3.05, 3.63) is 34.2 Å². The van der Waals surface area contributed by atoms with Crippen LogP contribution < -0.4 is 10.2 Å². The summed E-state index contributed by atoms with van der Waals surface area (Å²) >= 11 is 1.86. The molecule has 0 aliphatic carbocycles. The number of aryl methyl sites for hydroxylation is 1. The molecule has 0 spiro atoms. The fraction of sp³-hybridized carbons (Fsp3) is 0.500. The lowest BCUT2D eigenvalue weighted by Gasteiger charge is -2.17. The summed E-state index contributed by atoms with van der Waals surface area (Å²) in [5, 5.41) is 5.72. The van der Waals surface area contributed by atoms with Gasteiger partial charge < -0.3 is 10.2 Å². The molecule has 2 aromatic rings. The lowest BCUT2D eigenvalue weighted by Crippen LogP contribution is -2.26. The summed E-state index contributed by atoms with van der Waals surface area (Å²) in [6, 6.07) is 4.61. The molecule has 1 aliphatic heterocycles. The van der Waals surface area contributed by atoms with Crippen molar-refractivity contribution in [1.29, 1.82) is 0 Å². The van der Waals surface area contributed by atoms with Crippen molar-refractivity contribution in [2.75, 3.05) is 37.4 Å². The molecule has 1 atom stereocenters. The van der Waals surface area contributed by atoms with Gasteiger partial charge in [-0.25, -0.2) is 4.98 Å². The highest BCUT2D eigenvalue weighted by Gasteiger charge is 2.23. The molecule has 0 amide bonds. The van der Waals surface area contributed by atoms with Crippen molar-refractivity contribution in [2.24, 2.45) is 0 Å². The van der Waals surface area contributed by atoms with Gasteiger partial charge in [-0.05, 0) is 36.4 Å². The third-order valence-electron chi connectivity index (χ3n) is 4.00. The van der Waals surface area contributed by atoms with E-state index >= 15 is 0 Å². The topological polar surface area (TPSA) is 44.3 Å². The monoisotopic (exact) mass is 317 g/mol. The van der Waals surface area contributed by atoms with Crippen LogP contribution in [0.4, 0.5) is 11.8 Å². The third kappa shape index (κ3) is 3.56. The van der Waals surface area contributed by atoms with E-state index in [0.717, 1.165) is 37.8 Å². The zero-order chi connectivity index (χ0) is 15.5. The number of likely N-dealkylation sites (tertiary alicyclic amines) is 1. The van der Waals surface area contributed by atoms with Gasteiger partial charge in [-0.15, -0.1) is 11.3 Å². The molecule has 0 radical (unpaired) electrons. The molecule has 2 aromatic heterocycles. The van der Waals surface area contributed by atoms with Crippen molar-refractivity contribution in [2.45, 2.75) is 25.9 Å². The molecule has 0 aromatic carbocycles. The Bertz CT molecular complexity index is 625. The Morgan fingerprint density at radius 1 is 1.41 bits per heavy atom. The van der Waals surface area contributed by atoms with E-state index in [2.05, 4.69) is 38.6 Å². The Balaban J connectivity index is 1.57. The van der Waals surface area contributed by atoms with Gasteiger partial charge in [0.25, 0.3) is 0 Å². The lowest BCUT2D eigenvalue weighted by molar-refractivity contribution is 0.331. The quantitative estimate of drug-likeness (QED) is 0.918. The van der Waals surface area contributed by atoms with Crippen LogP contribution in [-0.4, -0.2) is 48.1 Å². The van der Waals surface area contributed by atoms with Gasteiger partial charge in [-0.3, -0.25) is 4.90 Å². The Morgan fingerprint density at radius 2 is 2.27 bits per heavy atom. The predicted molar refractivity (Wildman–Crippen MR) is 92.7 cm³/mol. The first-order chi connectivity index (χ1) is 10.6. The highest BCUT2D eigenvalue weighted by atomic mass is 32.1. The average molecular weight is 317 g/mol. The van der Waals surface area contributed by atoms with Crippen LogP contribution in [0.2, 0.25) is 0 Å². The second-order valence-corrected chi connectivity index (χ2v) is 7.03. The summed E-state index contributed by atoms with van der Waals surface area (Å²) in [5.74, 6) is 1.66. The molecule has 1 saturated heterocycles. The lowest BCUT2D eigenvalue weighted by atomic mass is 10.2. The van der Waals surface area contributed by atoms with Crippen molar-refractivity contribution >= 4 is 23.1 Å². The van der Waals surface area contributed by atoms with Crippen LogP contribution >= 0.6 is 11.3 Å². The molecule has 0 saturated carbocycles. The molecule has 1 unspecified atom stereocenters. The second-order valence-electron chi connectivity index (χ2n) is 6.03. The minimum absolute atomic E-state index is 0.463. The minimum Gasteiger partial charge on any atom is -0.366 e. The van der Waals surface area contributed by atoms with Gasteiger partial charge in [0.2, 0.25) is 5.95 Å². The minimum atomic E-state index is 0.463. The van der Waals surface area contributed by atoms with E-state index in [1.165, 1.54) is 10.4 Å². The van der Waals surface area contributed by atoms with Gasteiger partial charge in [0.05, 0.1) is 0 Å². The summed E-state index contributed by atoms with van der Waals surface area (Å²) in [6.07, 6.45) is 2.97. The van der Waals surface area contributed by atoms with E-state index < -0.39 is 0 Å². The summed E-state index contributed by atoms with van der Waals surface area (Å²) in [5.41, 5.74) is 1.41. The van der Waals surface area contributed by atoms with Gasteiger partial charge in [0.15, 0.2) is 0 Å². The first kappa shape index (κ1) is 15.2. The molecule has 22 heavy (non-hydrogen) atoms. The molecule has 118 valence electrons. The van der Waals surface area contributed by atoms with Gasteiger partial charge in [-0.2, -0.15) is 4.98 Å². The number of hydrogen-bond donors (Lipinski definition) is 1. The number of hydrogen-bond acceptors (Lipinski definition) is 6. The molecule has 3 heterocycles. The van der Waals surface area contributed by atoms with Gasteiger partial charge in [0.1, 0.15) is 5.82 Å². The fourth-order valence-corrected chi connectivity index (χ4v) is 3.66. The summed E-state index contributed by atoms with van der Waals surface area (Å²) in [6.45, 7) is 5.47. The summed E-state index contributed by atoms with van der Waals surface area (Å²) in [4.78, 5) is 14.7. The molecule has 0 bridgehead atoms. The van der Waals surface area contributed by atoms with Gasteiger partial charge in [0, 0.05) is 50.8 Å². The number of thiophene rings is 1. The van der Waals surface area contributed by atoms with Crippen LogP contribution in [0.1, 0.15) is 16.9 Å². The molecule has 1 N–H and O–H groups in total. The molecular weight excluding hydrogens is 294 g/mol. The summed E-state index contributed by atoms with van der Waals surface area (Å²) < 4.78 is 0. The maximum atomic E-state index is 4.54. The Labute approximate surface area is 136 Å². The SMILES string of the molecule is Cc1ccsc1CN1CCC(Nc2ccnc(N(C)C)n2)C1. The number of rotatable bonds is 5. The number of aromatic nitrogens is 2. The van der Waals surface area contributed by atoms with E-state index in [1.54, 1.807) is 0 Å². The normalized spacial score (nSPS) is 18.6. The molecule has 1 fully saturated rings. The molecule has 5 nitrogen and oxygen atoms in total. The Morgan fingerprint density at radius 3 is 3.00 bits per heavy atom. The van der Waals surface area contributed by atoms with Crippen molar-refractivity contribution < 1.29 is 0 Å². The highest BCUT2D eigenvalue weighted by molar-refractivity contribution is 7.10. The van der Waals surface area contributed by atoms with E-state index in [4.69, 9.17) is 0 Å². The van der Waals surface area contributed by atoms with Crippen LogP contribution in [0.25, 0.3) is 0 Å². The first-order valence-corrected chi connectivity index (χ1v) is 8.52. The molecular formula is C16H23N5S. The van der Waals surface area contributed by atoms with Crippen LogP contribution in [0, 0.1) is 6.92 Å². The van der Waals surface area contributed by atoms with Gasteiger partial charge >= 0.3 is 0 Å². The van der Waals surface area contributed by atoms with Crippen LogP contribution in [-0.2, 0) is 6.54 Å². The van der Waals surface area contributed by atoms with Crippen LogP contribution in [0.15, 0.2) is 23.7 Å². The number of anilines is 2. The van der Waals surface area contributed by atoms with Gasteiger partial charge in [-0.1, -0.05) is 0 Å². The summed E-state index contributed by atoms with van der Waals surface area (Å²) in [7, 11) is 3.92. The zero-order valence-corrected chi connectivity index (χ0v) is 14.2.